The number of ether oxygens (including phenoxy) is 1. The molecule has 0 aliphatic rings. The number of methoxy groups -OCH3 is 1. The lowest BCUT2D eigenvalue weighted by Crippen LogP contribution is -2.33. The summed E-state index contributed by atoms with van der Waals surface area (Å²) < 4.78 is 32.4. The van der Waals surface area contributed by atoms with Gasteiger partial charge in [-0.25, -0.2) is 13.1 Å². The number of aryl methyl sites for hydroxylation is 2. The van der Waals surface area contributed by atoms with Gasteiger partial charge in [-0.2, -0.15) is 0 Å². The predicted octanol–water partition coefficient (Wildman–Crippen LogP) is 2.00. The van der Waals surface area contributed by atoms with Crippen molar-refractivity contribution in [3.8, 4) is 5.75 Å². The zero-order chi connectivity index (χ0) is 16.2. The van der Waals surface area contributed by atoms with Crippen LogP contribution in [0, 0.1) is 19.8 Å². The monoisotopic (exact) mass is 315 g/mol. The van der Waals surface area contributed by atoms with Crippen LogP contribution in [-0.4, -0.2) is 33.3 Å². The number of benzene rings is 1. The first-order chi connectivity index (χ1) is 9.67. The Hall–Kier alpha value is -1.11. The van der Waals surface area contributed by atoms with Gasteiger partial charge in [-0.15, -0.1) is 0 Å². The molecule has 0 aliphatic heterocycles. The Labute approximate surface area is 127 Å². The topological polar surface area (TPSA) is 75.6 Å². The molecule has 0 bridgehead atoms. The minimum absolute atomic E-state index is 0.0193. The highest BCUT2D eigenvalue weighted by Gasteiger charge is 2.21. The molecule has 1 unspecified atom stereocenters. The molecule has 120 valence electrons. The molecule has 0 heterocycles. The van der Waals surface area contributed by atoms with Crippen LogP contribution in [0.2, 0.25) is 0 Å². The van der Waals surface area contributed by atoms with Crippen LogP contribution in [0.3, 0.4) is 0 Å². The summed E-state index contributed by atoms with van der Waals surface area (Å²) in [5, 5.41) is 9.80. The zero-order valence-electron chi connectivity index (χ0n) is 13.3. The Morgan fingerprint density at radius 2 is 1.76 bits per heavy atom. The van der Waals surface area contributed by atoms with Gasteiger partial charge in [0, 0.05) is 6.54 Å². The molecular formula is C15H25NO4S. The molecular weight excluding hydrogens is 290 g/mol. The first-order valence-corrected chi connectivity index (χ1v) is 8.48. The number of hydrogen-bond acceptors (Lipinski definition) is 4. The minimum Gasteiger partial charge on any atom is -0.497 e. The molecule has 0 saturated carbocycles. The summed E-state index contributed by atoms with van der Waals surface area (Å²) in [6.07, 6.45) is -0.123. The second-order valence-corrected chi connectivity index (χ2v) is 7.43. The maximum atomic E-state index is 12.4. The molecule has 1 aromatic carbocycles. The smallest absolute Gasteiger partial charge is 0.241 e. The van der Waals surface area contributed by atoms with Crippen LogP contribution >= 0.6 is 0 Å². The van der Waals surface area contributed by atoms with E-state index in [1.54, 1.807) is 33.1 Å². The van der Waals surface area contributed by atoms with Crippen molar-refractivity contribution in [3.05, 3.63) is 23.3 Å². The average Bonchev–Trinajstić information content (AvgIpc) is 2.34. The van der Waals surface area contributed by atoms with Gasteiger partial charge >= 0.3 is 0 Å². The third-order valence-electron chi connectivity index (χ3n) is 3.19. The Bertz CT molecular complexity index is 558. The van der Waals surface area contributed by atoms with Crippen molar-refractivity contribution in [1.29, 1.82) is 0 Å². The number of hydrogen-bond donors (Lipinski definition) is 2. The number of aliphatic hydroxyl groups excluding tert-OH is 1. The van der Waals surface area contributed by atoms with E-state index in [4.69, 9.17) is 4.74 Å². The van der Waals surface area contributed by atoms with Crippen LogP contribution in [0.5, 0.6) is 5.75 Å². The Morgan fingerprint density at radius 3 is 2.19 bits per heavy atom. The summed E-state index contributed by atoms with van der Waals surface area (Å²) in [6, 6.07) is 3.37. The highest BCUT2D eigenvalue weighted by atomic mass is 32.2. The van der Waals surface area contributed by atoms with Gasteiger partial charge in [0.1, 0.15) is 5.75 Å². The SMILES string of the molecule is COc1cc(C)c(S(=O)(=O)NCC(O)CC(C)C)c(C)c1. The Balaban J connectivity index is 2.93. The van der Waals surface area contributed by atoms with E-state index >= 15 is 0 Å². The van der Waals surface area contributed by atoms with Crippen molar-refractivity contribution in [2.75, 3.05) is 13.7 Å². The van der Waals surface area contributed by atoms with Gasteiger partial charge in [-0.1, -0.05) is 13.8 Å². The van der Waals surface area contributed by atoms with Gasteiger partial charge in [0.05, 0.1) is 18.1 Å². The molecule has 1 aromatic rings. The number of sulfonamides is 1. The van der Waals surface area contributed by atoms with E-state index < -0.39 is 16.1 Å². The molecule has 6 heteroatoms. The quantitative estimate of drug-likeness (QED) is 0.807. The van der Waals surface area contributed by atoms with Crippen LogP contribution in [-0.2, 0) is 10.0 Å². The van der Waals surface area contributed by atoms with Crippen LogP contribution in [0.15, 0.2) is 17.0 Å². The zero-order valence-corrected chi connectivity index (χ0v) is 14.1. The molecule has 1 rings (SSSR count). The summed E-state index contributed by atoms with van der Waals surface area (Å²) in [5.74, 6) is 0.942. The van der Waals surface area contributed by atoms with E-state index in [-0.39, 0.29) is 11.4 Å². The number of rotatable bonds is 7. The van der Waals surface area contributed by atoms with Crippen molar-refractivity contribution in [2.45, 2.75) is 45.1 Å². The van der Waals surface area contributed by atoms with Gasteiger partial charge in [0.15, 0.2) is 0 Å². The van der Waals surface area contributed by atoms with Crippen LogP contribution in [0.1, 0.15) is 31.4 Å². The standard InChI is InChI=1S/C15H25NO4S/c1-10(2)6-13(17)9-16-21(18,19)15-11(3)7-14(20-5)8-12(15)4/h7-8,10,13,16-17H,6,9H2,1-5H3. The summed E-state index contributed by atoms with van der Waals surface area (Å²) in [7, 11) is -2.10. The number of nitrogens with one attached hydrogen (secondary N) is 1. The normalized spacial score (nSPS) is 13.5. The maximum Gasteiger partial charge on any atom is 0.241 e. The van der Waals surface area contributed by atoms with Crippen LogP contribution < -0.4 is 9.46 Å². The lowest BCUT2D eigenvalue weighted by atomic mass is 10.1. The summed E-state index contributed by atoms with van der Waals surface area (Å²) in [4.78, 5) is 0.250. The first-order valence-electron chi connectivity index (χ1n) is 7.00. The van der Waals surface area contributed by atoms with E-state index in [0.717, 1.165) is 0 Å². The van der Waals surface area contributed by atoms with E-state index in [1.165, 1.54) is 0 Å². The first kappa shape index (κ1) is 17.9. The van der Waals surface area contributed by atoms with E-state index in [9.17, 15) is 13.5 Å². The highest BCUT2D eigenvalue weighted by molar-refractivity contribution is 7.89. The van der Waals surface area contributed by atoms with Crippen molar-refractivity contribution < 1.29 is 18.3 Å². The minimum atomic E-state index is -3.64. The molecule has 0 saturated heterocycles. The largest absolute Gasteiger partial charge is 0.497 e. The van der Waals surface area contributed by atoms with Crippen molar-refractivity contribution in [2.24, 2.45) is 5.92 Å². The fourth-order valence-electron chi connectivity index (χ4n) is 2.36. The molecule has 0 fully saturated rings. The van der Waals surface area contributed by atoms with Gasteiger partial charge in [0.2, 0.25) is 10.0 Å². The average molecular weight is 315 g/mol. The fraction of sp³-hybridized carbons (Fsp3) is 0.600. The fourth-order valence-corrected chi connectivity index (χ4v) is 3.88. The predicted molar refractivity (Wildman–Crippen MR) is 83.1 cm³/mol. The second-order valence-electron chi connectivity index (χ2n) is 5.73. The van der Waals surface area contributed by atoms with E-state index in [2.05, 4.69) is 4.72 Å². The van der Waals surface area contributed by atoms with Crippen molar-refractivity contribution >= 4 is 10.0 Å². The van der Waals surface area contributed by atoms with Crippen molar-refractivity contribution in [1.82, 2.24) is 4.72 Å². The van der Waals surface area contributed by atoms with Gasteiger partial charge in [-0.3, -0.25) is 0 Å². The summed E-state index contributed by atoms with van der Waals surface area (Å²) >= 11 is 0. The molecule has 0 amide bonds. The molecule has 2 N–H and O–H groups in total. The molecule has 0 spiro atoms. The summed E-state index contributed by atoms with van der Waals surface area (Å²) in [5.41, 5.74) is 1.25. The van der Waals surface area contributed by atoms with E-state index in [1.807, 2.05) is 13.8 Å². The second kappa shape index (κ2) is 7.24. The molecule has 5 nitrogen and oxygen atoms in total. The third kappa shape index (κ3) is 4.98. The maximum absolute atomic E-state index is 12.4. The summed E-state index contributed by atoms with van der Waals surface area (Å²) in [6.45, 7) is 7.44. The van der Waals surface area contributed by atoms with Gasteiger partial charge in [-0.05, 0) is 49.4 Å². The lowest BCUT2D eigenvalue weighted by Gasteiger charge is -2.16. The Kier molecular flexibility index (Phi) is 6.19. The van der Waals surface area contributed by atoms with Gasteiger partial charge < -0.3 is 9.84 Å². The van der Waals surface area contributed by atoms with Crippen LogP contribution in [0.4, 0.5) is 0 Å². The highest BCUT2D eigenvalue weighted by Crippen LogP contribution is 2.25. The van der Waals surface area contributed by atoms with Crippen molar-refractivity contribution in [3.63, 3.8) is 0 Å². The molecule has 0 radical (unpaired) electrons. The number of aliphatic hydroxyl groups is 1. The molecule has 0 aromatic heterocycles. The Morgan fingerprint density at radius 1 is 1.24 bits per heavy atom. The molecule has 21 heavy (non-hydrogen) atoms. The van der Waals surface area contributed by atoms with E-state index in [0.29, 0.717) is 29.2 Å². The molecule has 1 atom stereocenters. The van der Waals surface area contributed by atoms with Gasteiger partial charge in [0.25, 0.3) is 0 Å². The third-order valence-corrected chi connectivity index (χ3v) is 4.92. The van der Waals surface area contributed by atoms with Crippen LogP contribution in [0.25, 0.3) is 0 Å². The lowest BCUT2D eigenvalue weighted by molar-refractivity contribution is 0.152. The molecule has 0 aliphatic carbocycles.